The molecule has 4 rings (SSSR count). The van der Waals surface area contributed by atoms with Gasteiger partial charge in [-0.25, -0.2) is 0 Å². The summed E-state index contributed by atoms with van der Waals surface area (Å²) in [5, 5.41) is 7.54. The van der Waals surface area contributed by atoms with Crippen LogP contribution >= 0.6 is 0 Å². The highest BCUT2D eigenvalue weighted by atomic mass is 16.5. The summed E-state index contributed by atoms with van der Waals surface area (Å²) in [4.78, 5) is 17.1. The van der Waals surface area contributed by atoms with Gasteiger partial charge in [0.25, 0.3) is 5.91 Å². The predicted octanol–water partition coefficient (Wildman–Crippen LogP) is 4.74. The Labute approximate surface area is 170 Å². The van der Waals surface area contributed by atoms with Crippen molar-refractivity contribution < 1.29 is 9.53 Å². The quantitative estimate of drug-likeness (QED) is 0.660. The average Bonchev–Trinajstić information content (AvgIpc) is 3.44. The van der Waals surface area contributed by atoms with Gasteiger partial charge in [-0.1, -0.05) is 12.1 Å². The zero-order valence-electron chi connectivity index (χ0n) is 17.1. The minimum absolute atomic E-state index is 0.157. The molecule has 0 radical (unpaired) electrons. The fourth-order valence-corrected chi connectivity index (χ4v) is 3.21. The summed E-state index contributed by atoms with van der Waals surface area (Å²) in [6, 6.07) is 15.0. The van der Waals surface area contributed by atoms with Gasteiger partial charge in [-0.2, -0.15) is 5.10 Å². The molecule has 150 valence electrons. The van der Waals surface area contributed by atoms with Crippen LogP contribution in [0.1, 0.15) is 61.4 Å². The number of nitrogens with one attached hydrogen (secondary N) is 1. The van der Waals surface area contributed by atoms with Gasteiger partial charge >= 0.3 is 0 Å². The Balaban J connectivity index is 1.46. The Morgan fingerprint density at radius 1 is 1.17 bits per heavy atom. The number of hydrogen-bond donors (Lipinski definition) is 1. The predicted molar refractivity (Wildman–Crippen MR) is 112 cm³/mol. The van der Waals surface area contributed by atoms with Crippen molar-refractivity contribution in [2.45, 2.75) is 51.7 Å². The fraction of sp³-hybridized carbons (Fsp3) is 0.348. The van der Waals surface area contributed by atoms with E-state index in [-0.39, 0.29) is 11.4 Å². The van der Waals surface area contributed by atoms with Crippen LogP contribution in [0.15, 0.2) is 54.7 Å². The number of ether oxygens (including phenoxy) is 1. The number of rotatable bonds is 6. The lowest BCUT2D eigenvalue weighted by molar-refractivity contribution is 0.102. The molecule has 6 heteroatoms. The molecule has 2 heterocycles. The summed E-state index contributed by atoms with van der Waals surface area (Å²) < 4.78 is 7.79. The van der Waals surface area contributed by atoms with Crippen LogP contribution in [0.2, 0.25) is 0 Å². The first-order chi connectivity index (χ1) is 13.9. The summed E-state index contributed by atoms with van der Waals surface area (Å²) in [6.45, 7) is 6.70. The molecule has 0 unspecified atom stereocenters. The lowest BCUT2D eigenvalue weighted by Crippen LogP contribution is -2.25. The van der Waals surface area contributed by atoms with Crippen molar-refractivity contribution in [1.29, 1.82) is 0 Å². The average molecular weight is 390 g/mol. The van der Waals surface area contributed by atoms with Gasteiger partial charge in [0.2, 0.25) is 0 Å². The molecule has 0 atom stereocenters. The Morgan fingerprint density at radius 3 is 2.69 bits per heavy atom. The van der Waals surface area contributed by atoms with E-state index in [1.54, 1.807) is 6.20 Å². The molecule has 0 aliphatic heterocycles. The second-order valence-electron chi connectivity index (χ2n) is 8.40. The molecule has 29 heavy (non-hydrogen) atoms. The van der Waals surface area contributed by atoms with Crippen molar-refractivity contribution >= 4 is 11.6 Å². The number of benzene rings is 1. The van der Waals surface area contributed by atoms with Gasteiger partial charge in [-0.05, 0) is 63.9 Å². The summed E-state index contributed by atoms with van der Waals surface area (Å²) in [6.07, 6.45) is 4.07. The standard InChI is InChI=1S/C23H26N4O2/c1-23(2,3)27-21(16-10-11-16)14-20(26-27)22(28)25-17-8-6-9-19(13-17)29-15-18-7-4-5-12-24-18/h4-9,12-14,16H,10-11,15H2,1-3H3,(H,25,28). The smallest absolute Gasteiger partial charge is 0.276 e. The van der Waals surface area contributed by atoms with E-state index in [1.807, 2.05) is 53.2 Å². The number of anilines is 1. The van der Waals surface area contributed by atoms with E-state index in [1.165, 1.54) is 12.8 Å². The van der Waals surface area contributed by atoms with Crippen molar-refractivity contribution in [3.05, 3.63) is 71.8 Å². The second kappa shape index (κ2) is 7.70. The molecular formula is C23H26N4O2. The number of carbonyl (C=O) groups is 1. The van der Waals surface area contributed by atoms with Gasteiger partial charge in [0, 0.05) is 29.6 Å². The maximum Gasteiger partial charge on any atom is 0.276 e. The van der Waals surface area contributed by atoms with Crippen molar-refractivity contribution in [1.82, 2.24) is 14.8 Å². The van der Waals surface area contributed by atoms with Crippen LogP contribution in [0.5, 0.6) is 5.75 Å². The molecule has 1 aliphatic carbocycles. The molecule has 2 aromatic heterocycles. The third-order valence-corrected chi connectivity index (χ3v) is 4.81. The fourth-order valence-electron chi connectivity index (χ4n) is 3.21. The summed E-state index contributed by atoms with van der Waals surface area (Å²) in [5.41, 5.74) is 2.96. The van der Waals surface area contributed by atoms with Gasteiger partial charge in [0.05, 0.1) is 11.2 Å². The van der Waals surface area contributed by atoms with Crippen molar-refractivity contribution in [3.8, 4) is 5.75 Å². The van der Waals surface area contributed by atoms with Crippen LogP contribution in [0.25, 0.3) is 0 Å². The van der Waals surface area contributed by atoms with Gasteiger partial charge in [0.1, 0.15) is 12.4 Å². The van der Waals surface area contributed by atoms with E-state index in [2.05, 4.69) is 36.2 Å². The van der Waals surface area contributed by atoms with Crippen LogP contribution in [-0.2, 0) is 12.1 Å². The molecule has 0 bridgehead atoms. The van der Waals surface area contributed by atoms with Crippen LogP contribution < -0.4 is 10.1 Å². The van der Waals surface area contributed by atoms with Crippen molar-refractivity contribution in [2.24, 2.45) is 0 Å². The number of carbonyl (C=O) groups excluding carboxylic acids is 1. The highest BCUT2D eigenvalue weighted by molar-refractivity contribution is 6.03. The number of pyridine rings is 1. The van der Waals surface area contributed by atoms with Gasteiger partial charge in [-0.3, -0.25) is 14.5 Å². The first kappa shape index (κ1) is 19.2. The first-order valence-electron chi connectivity index (χ1n) is 9.95. The molecule has 1 aliphatic rings. The number of aromatic nitrogens is 3. The third kappa shape index (κ3) is 4.65. The molecular weight excluding hydrogens is 364 g/mol. The molecule has 6 nitrogen and oxygen atoms in total. The summed E-state index contributed by atoms with van der Waals surface area (Å²) >= 11 is 0. The summed E-state index contributed by atoms with van der Waals surface area (Å²) in [5.74, 6) is 0.982. The zero-order chi connectivity index (χ0) is 20.4. The molecule has 1 saturated carbocycles. The van der Waals surface area contributed by atoms with Gasteiger partial charge in [-0.15, -0.1) is 0 Å². The van der Waals surface area contributed by atoms with E-state index < -0.39 is 0 Å². The minimum Gasteiger partial charge on any atom is -0.487 e. The van der Waals surface area contributed by atoms with Crippen LogP contribution in [-0.4, -0.2) is 20.7 Å². The molecule has 1 aromatic carbocycles. The molecule has 1 amide bonds. The monoisotopic (exact) mass is 390 g/mol. The van der Waals surface area contributed by atoms with Crippen molar-refractivity contribution in [3.63, 3.8) is 0 Å². The zero-order valence-corrected chi connectivity index (χ0v) is 17.1. The highest BCUT2D eigenvalue weighted by Gasteiger charge is 2.32. The van der Waals surface area contributed by atoms with E-state index in [9.17, 15) is 4.79 Å². The van der Waals surface area contributed by atoms with E-state index >= 15 is 0 Å². The van der Waals surface area contributed by atoms with Crippen molar-refractivity contribution in [2.75, 3.05) is 5.32 Å². The van der Waals surface area contributed by atoms with Gasteiger partial charge < -0.3 is 10.1 Å². The molecule has 1 fully saturated rings. The van der Waals surface area contributed by atoms with Crippen LogP contribution in [0, 0.1) is 0 Å². The second-order valence-corrected chi connectivity index (χ2v) is 8.40. The normalized spacial score (nSPS) is 13.9. The molecule has 1 N–H and O–H groups in total. The Hall–Kier alpha value is -3.15. The maximum atomic E-state index is 12.8. The Bertz CT molecular complexity index is 1000. The summed E-state index contributed by atoms with van der Waals surface area (Å²) in [7, 11) is 0. The SMILES string of the molecule is CC(C)(C)n1nc(C(=O)Nc2cccc(OCc3ccccn3)c2)cc1C1CC1. The van der Waals surface area contributed by atoms with Crippen LogP contribution in [0.4, 0.5) is 5.69 Å². The van der Waals surface area contributed by atoms with Gasteiger partial charge in [0.15, 0.2) is 5.69 Å². The van der Waals surface area contributed by atoms with E-state index in [0.717, 1.165) is 11.4 Å². The topological polar surface area (TPSA) is 69.0 Å². The first-order valence-corrected chi connectivity index (χ1v) is 9.95. The van der Waals surface area contributed by atoms with E-state index in [0.29, 0.717) is 29.7 Å². The minimum atomic E-state index is -0.211. The largest absolute Gasteiger partial charge is 0.487 e. The number of hydrogen-bond acceptors (Lipinski definition) is 4. The Kier molecular flexibility index (Phi) is 5.09. The van der Waals surface area contributed by atoms with E-state index in [4.69, 9.17) is 4.74 Å². The van der Waals surface area contributed by atoms with Crippen LogP contribution in [0.3, 0.4) is 0 Å². The third-order valence-electron chi connectivity index (χ3n) is 4.81. The molecule has 0 spiro atoms. The molecule has 0 saturated heterocycles. The maximum absolute atomic E-state index is 12.8. The lowest BCUT2D eigenvalue weighted by atomic mass is 10.1. The number of amides is 1. The molecule has 3 aromatic rings. The Morgan fingerprint density at radius 2 is 2.00 bits per heavy atom. The lowest BCUT2D eigenvalue weighted by Gasteiger charge is -2.22. The number of nitrogens with zero attached hydrogens (tertiary/aromatic N) is 3. The highest BCUT2D eigenvalue weighted by Crippen LogP contribution is 2.41.